The van der Waals surface area contributed by atoms with Crippen LogP contribution in [-0.2, 0) is 16.1 Å². The number of rotatable bonds is 7. The molecule has 1 atom stereocenters. The number of benzene rings is 3. The summed E-state index contributed by atoms with van der Waals surface area (Å²) in [5.41, 5.74) is 3.74. The molecular formula is C31H30F3N3O6. The van der Waals surface area contributed by atoms with Crippen molar-refractivity contribution in [2.24, 2.45) is 0 Å². The lowest BCUT2D eigenvalue weighted by Gasteiger charge is -2.45. The predicted octanol–water partition coefficient (Wildman–Crippen LogP) is 5.90. The van der Waals surface area contributed by atoms with E-state index in [-0.39, 0.29) is 23.9 Å². The number of amides is 2. The highest BCUT2D eigenvalue weighted by Gasteiger charge is 2.39. The fraction of sp³-hybridized carbons (Fsp3) is 0.258. The molecule has 2 amide bonds. The van der Waals surface area contributed by atoms with Crippen LogP contribution in [-0.4, -0.2) is 63.5 Å². The molecule has 1 saturated heterocycles. The van der Waals surface area contributed by atoms with Crippen molar-refractivity contribution in [2.45, 2.75) is 37.8 Å². The Kier molecular flexibility index (Phi) is 10.0. The van der Waals surface area contributed by atoms with Crippen molar-refractivity contribution in [1.82, 2.24) is 9.80 Å². The zero-order valence-corrected chi connectivity index (χ0v) is 22.9. The summed E-state index contributed by atoms with van der Waals surface area (Å²) in [5, 5.41) is 18.7. The first-order chi connectivity index (χ1) is 20.5. The molecule has 9 nitrogen and oxygen atoms in total. The van der Waals surface area contributed by atoms with Gasteiger partial charge in [-0.2, -0.15) is 0 Å². The van der Waals surface area contributed by atoms with Gasteiger partial charge in [-0.1, -0.05) is 60.7 Å². The number of fused-ring (bicyclic) bond motifs is 1. The van der Waals surface area contributed by atoms with E-state index in [0.29, 0.717) is 18.7 Å². The number of hydrogen-bond donors (Lipinski definition) is 3. The zero-order valence-electron chi connectivity index (χ0n) is 22.9. The molecule has 226 valence electrons. The van der Waals surface area contributed by atoms with E-state index >= 15 is 0 Å². The Hall–Kier alpha value is -4.84. The number of urea groups is 1. The Labute approximate surface area is 245 Å². The standard InChI is InChI=1S/C27H26F3N3O2.C4H4O4/c28-27(29,30)35-22-10-6-7-19(17-22)18-32-15-13-21(14-16-32)33-25(20-8-2-1-3-9-20)23-11-4-5-12-24(23)31-26(33)34;5-3(6)1-2-4(7)8/h1-12,17,21,25H,13-16,18H2,(H,31,34);1-2H,(H,5,6)(H,7,8)/t25-;/m0./s1. The Balaban J connectivity index is 0.000000467. The van der Waals surface area contributed by atoms with Crippen molar-refractivity contribution < 1.29 is 42.5 Å². The van der Waals surface area contributed by atoms with Crippen molar-refractivity contribution in [3.05, 3.63) is 108 Å². The highest BCUT2D eigenvalue weighted by molar-refractivity contribution is 5.94. The van der Waals surface area contributed by atoms with Crippen LogP contribution in [0.4, 0.5) is 23.7 Å². The molecule has 0 aromatic heterocycles. The fourth-order valence-electron chi connectivity index (χ4n) is 5.25. The number of para-hydroxylation sites is 1. The highest BCUT2D eigenvalue weighted by Crippen LogP contribution is 2.40. The SMILES string of the molecule is O=C(O)C=CC(=O)O.O=C1Nc2ccccc2[C@H](c2ccccc2)N1C1CCN(Cc2cccc(OC(F)(F)F)c2)CC1. The molecule has 0 aliphatic carbocycles. The number of ether oxygens (including phenoxy) is 1. The van der Waals surface area contributed by atoms with E-state index in [1.165, 1.54) is 12.1 Å². The normalized spacial score (nSPS) is 17.4. The van der Waals surface area contributed by atoms with Crippen molar-refractivity contribution in [3.63, 3.8) is 0 Å². The fourth-order valence-corrected chi connectivity index (χ4v) is 5.25. The maximum Gasteiger partial charge on any atom is 0.573 e. The van der Waals surface area contributed by atoms with Gasteiger partial charge in [0.1, 0.15) is 5.75 Å². The van der Waals surface area contributed by atoms with E-state index in [4.69, 9.17) is 10.2 Å². The van der Waals surface area contributed by atoms with Gasteiger partial charge in [0, 0.05) is 49.1 Å². The molecule has 0 bridgehead atoms. The molecule has 0 saturated carbocycles. The van der Waals surface area contributed by atoms with Crippen molar-refractivity contribution in [1.29, 1.82) is 0 Å². The molecule has 2 aliphatic heterocycles. The number of aliphatic carboxylic acids is 2. The van der Waals surface area contributed by atoms with Gasteiger partial charge in [-0.3, -0.25) is 4.90 Å². The average molecular weight is 598 g/mol. The second kappa shape index (κ2) is 13.9. The van der Waals surface area contributed by atoms with Gasteiger partial charge in [-0.25, -0.2) is 14.4 Å². The first-order valence-corrected chi connectivity index (χ1v) is 13.4. The lowest BCUT2D eigenvalue weighted by atomic mass is 9.90. The summed E-state index contributed by atoms with van der Waals surface area (Å²) < 4.78 is 41.7. The average Bonchev–Trinajstić information content (AvgIpc) is 2.96. The number of nitrogens with one attached hydrogen (secondary N) is 1. The summed E-state index contributed by atoms with van der Waals surface area (Å²) in [6.45, 7) is 2.00. The van der Waals surface area contributed by atoms with Crippen molar-refractivity contribution in [3.8, 4) is 5.75 Å². The number of carboxylic acid groups (broad SMARTS) is 2. The number of carbonyl (C=O) groups is 3. The van der Waals surface area contributed by atoms with Gasteiger partial charge in [0.25, 0.3) is 0 Å². The van der Waals surface area contributed by atoms with Gasteiger partial charge in [0.2, 0.25) is 0 Å². The molecule has 5 rings (SSSR count). The third-order valence-electron chi connectivity index (χ3n) is 6.98. The summed E-state index contributed by atoms with van der Waals surface area (Å²) in [7, 11) is 0. The minimum absolute atomic E-state index is 0.0460. The van der Waals surface area contributed by atoms with E-state index < -0.39 is 18.3 Å². The van der Waals surface area contributed by atoms with Crippen molar-refractivity contribution >= 4 is 23.7 Å². The Morgan fingerprint density at radius 1 is 0.907 bits per heavy atom. The maximum atomic E-state index is 13.3. The van der Waals surface area contributed by atoms with Crippen LogP contribution < -0.4 is 10.1 Å². The quantitative estimate of drug-likeness (QED) is 0.290. The smallest absolute Gasteiger partial charge is 0.478 e. The van der Waals surface area contributed by atoms with E-state index in [1.807, 2.05) is 41.3 Å². The van der Waals surface area contributed by atoms with Crippen LogP contribution >= 0.6 is 0 Å². The van der Waals surface area contributed by atoms with Gasteiger partial charge in [-0.15, -0.1) is 13.2 Å². The molecule has 2 heterocycles. The minimum Gasteiger partial charge on any atom is -0.478 e. The second-order valence-corrected chi connectivity index (χ2v) is 9.95. The minimum atomic E-state index is -4.71. The summed E-state index contributed by atoms with van der Waals surface area (Å²) in [5.74, 6) is -2.72. The van der Waals surface area contributed by atoms with E-state index in [1.54, 1.807) is 12.1 Å². The van der Waals surface area contributed by atoms with Gasteiger partial charge < -0.3 is 25.2 Å². The van der Waals surface area contributed by atoms with Gasteiger partial charge in [-0.05, 0) is 42.2 Å². The molecule has 43 heavy (non-hydrogen) atoms. The number of piperidine rings is 1. The third kappa shape index (κ3) is 8.82. The van der Waals surface area contributed by atoms with E-state index in [9.17, 15) is 27.6 Å². The number of alkyl halides is 3. The molecule has 3 aromatic carbocycles. The zero-order chi connectivity index (χ0) is 31.0. The first kappa shape index (κ1) is 31.1. The Morgan fingerprint density at radius 2 is 1.53 bits per heavy atom. The summed E-state index contributed by atoms with van der Waals surface area (Å²) >= 11 is 0. The molecule has 0 spiro atoms. The van der Waals surface area contributed by atoms with Crippen LogP contribution in [0.5, 0.6) is 5.75 Å². The lowest BCUT2D eigenvalue weighted by Crippen LogP contribution is -2.52. The van der Waals surface area contributed by atoms with E-state index in [2.05, 4.69) is 33.2 Å². The molecule has 12 heteroatoms. The van der Waals surface area contributed by atoms with Gasteiger partial charge in [0.05, 0.1) is 6.04 Å². The van der Waals surface area contributed by atoms with Crippen LogP contribution in [0.1, 0.15) is 35.6 Å². The second-order valence-electron chi connectivity index (χ2n) is 9.95. The van der Waals surface area contributed by atoms with Crippen molar-refractivity contribution in [2.75, 3.05) is 18.4 Å². The number of likely N-dealkylation sites (tertiary alicyclic amines) is 1. The molecule has 2 aliphatic rings. The molecule has 3 N–H and O–H groups in total. The van der Waals surface area contributed by atoms with Gasteiger partial charge >= 0.3 is 24.3 Å². The molecule has 0 radical (unpaired) electrons. The number of hydrogen-bond acceptors (Lipinski definition) is 5. The lowest BCUT2D eigenvalue weighted by molar-refractivity contribution is -0.274. The Bertz CT molecular complexity index is 1440. The van der Waals surface area contributed by atoms with Crippen LogP contribution in [0.25, 0.3) is 0 Å². The first-order valence-electron chi connectivity index (χ1n) is 13.4. The molecule has 0 unspecified atom stereocenters. The molecule has 3 aromatic rings. The highest BCUT2D eigenvalue weighted by atomic mass is 19.4. The number of carbonyl (C=O) groups excluding carboxylic acids is 1. The van der Waals surface area contributed by atoms with Gasteiger partial charge in [0.15, 0.2) is 0 Å². The summed E-state index contributed by atoms with van der Waals surface area (Å²) in [6.07, 6.45) is -2.04. The number of nitrogens with zero attached hydrogens (tertiary/aromatic N) is 2. The largest absolute Gasteiger partial charge is 0.573 e. The third-order valence-corrected chi connectivity index (χ3v) is 6.98. The number of anilines is 1. The monoisotopic (exact) mass is 597 g/mol. The van der Waals surface area contributed by atoms with Crippen LogP contribution in [0, 0.1) is 0 Å². The van der Waals surface area contributed by atoms with Crippen LogP contribution in [0.3, 0.4) is 0 Å². The van der Waals surface area contributed by atoms with Crippen LogP contribution in [0.15, 0.2) is 91.0 Å². The summed E-state index contributed by atoms with van der Waals surface area (Å²) in [6, 6.07) is 23.8. The maximum absolute atomic E-state index is 13.3. The molecular weight excluding hydrogens is 567 g/mol. The summed E-state index contributed by atoms with van der Waals surface area (Å²) in [4.78, 5) is 36.5. The predicted molar refractivity (Wildman–Crippen MR) is 151 cm³/mol. The van der Waals surface area contributed by atoms with E-state index in [0.717, 1.165) is 48.3 Å². The topological polar surface area (TPSA) is 119 Å². The number of halogens is 3. The Morgan fingerprint density at radius 3 is 2.16 bits per heavy atom. The van der Waals surface area contributed by atoms with Crippen LogP contribution in [0.2, 0.25) is 0 Å². The molecule has 1 fully saturated rings. The number of carboxylic acids is 2.